The fourth-order valence-electron chi connectivity index (χ4n) is 4.79. The zero-order valence-electron chi connectivity index (χ0n) is 17.2. The summed E-state index contributed by atoms with van der Waals surface area (Å²) >= 11 is 0. The van der Waals surface area contributed by atoms with Gasteiger partial charge in [-0.2, -0.15) is 4.98 Å². The molecule has 1 saturated heterocycles. The fraction of sp³-hybridized carbons (Fsp3) is 0.500. The molecule has 5 rings (SSSR count). The Morgan fingerprint density at radius 3 is 3.03 bits per heavy atom. The third kappa shape index (κ3) is 3.50. The van der Waals surface area contributed by atoms with E-state index in [0.29, 0.717) is 35.4 Å². The lowest BCUT2D eigenvalue weighted by Crippen LogP contribution is -2.43. The zero-order chi connectivity index (χ0) is 20.7. The van der Waals surface area contributed by atoms with E-state index in [1.54, 1.807) is 6.20 Å². The Labute approximate surface area is 175 Å². The van der Waals surface area contributed by atoms with Crippen LogP contribution in [0.25, 0.3) is 22.6 Å². The van der Waals surface area contributed by atoms with Crippen molar-refractivity contribution in [1.82, 2.24) is 19.9 Å². The van der Waals surface area contributed by atoms with Crippen LogP contribution in [0.3, 0.4) is 0 Å². The van der Waals surface area contributed by atoms with Crippen LogP contribution >= 0.6 is 0 Å². The topological polar surface area (TPSA) is 108 Å². The summed E-state index contributed by atoms with van der Waals surface area (Å²) in [5.74, 6) is 0.323. The summed E-state index contributed by atoms with van der Waals surface area (Å²) in [5, 5.41) is 23.4. The quantitative estimate of drug-likeness (QED) is 0.590. The van der Waals surface area contributed by atoms with Crippen LogP contribution in [0.4, 0.5) is 6.01 Å². The van der Waals surface area contributed by atoms with Crippen molar-refractivity contribution >= 4 is 17.4 Å². The predicted molar refractivity (Wildman–Crippen MR) is 114 cm³/mol. The average Bonchev–Trinajstić information content (AvgIpc) is 3.34. The molecule has 158 valence electrons. The Kier molecular flexibility index (Phi) is 5.04. The Bertz CT molecular complexity index is 1080. The standard InChI is InChI=1S/C22H27N5O3/c1-13-10-14-4-2-6-16(14)19(29)18(13)17-11-23-21-20(25-17)26-22(30-21)24-15-5-3-7-27(12-15)8-9-28/h10-11,15,28-29H,2-9,12H2,1H3,(H,24,25,26). The number of aliphatic hydroxyl groups excluding tert-OH is 1. The molecule has 1 fully saturated rings. The van der Waals surface area contributed by atoms with Crippen LogP contribution in [-0.4, -0.2) is 62.3 Å². The van der Waals surface area contributed by atoms with E-state index in [9.17, 15) is 10.2 Å². The minimum atomic E-state index is 0.168. The third-order valence-electron chi connectivity index (χ3n) is 6.20. The van der Waals surface area contributed by atoms with E-state index in [-0.39, 0.29) is 12.6 Å². The number of phenols is 1. The zero-order valence-corrected chi connectivity index (χ0v) is 17.2. The number of aliphatic hydroxyl groups is 1. The van der Waals surface area contributed by atoms with Crippen molar-refractivity contribution in [3.63, 3.8) is 0 Å². The fourth-order valence-corrected chi connectivity index (χ4v) is 4.79. The van der Waals surface area contributed by atoms with Crippen molar-refractivity contribution in [2.24, 2.45) is 0 Å². The van der Waals surface area contributed by atoms with E-state index in [1.807, 2.05) is 6.92 Å². The highest BCUT2D eigenvalue weighted by Gasteiger charge is 2.24. The number of nitrogens with zero attached hydrogens (tertiary/aromatic N) is 4. The molecule has 0 spiro atoms. The van der Waals surface area contributed by atoms with Crippen molar-refractivity contribution < 1.29 is 14.6 Å². The molecule has 1 aliphatic carbocycles. The maximum atomic E-state index is 10.9. The molecule has 2 aromatic heterocycles. The molecule has 0 radical (unpaired) electrons. The minimum absolute atomic E-state index is 0.168. The maximum Gasteiger partial charge on any atom is 0.298 e. The number of hydrogen-bond acceptors (Lipinski definition) is 8. The molecule has 30 heavy (non-hydrogen) atoms. The van der Waals surface area contributed by atoms with Crippen LogP contribution in [0, 0.1) is 6.92 Å². The summed E-state index contributed by atoms with van der Waals surface area (Å²) in [6.45, 7) is 4.69. The summed E-state index contributed by atoms with van der Waals surface area (Å²) in [6.07, 6.45) is 6.72. The van der Waals surface area contributed by atoms with E-state index >= 15 is 0 Å². The molecule has 1 aromatic carbocycles. The van der Waals surface area contributed by atoms with Crippen LogP contribution in [-0.2, 0) is 12.8 Å². The highest BCUT2D eigenvalue weighted by Crippen LogP contribution is 2.40. The number of hydrogen-bond donors (Lipinski definition) is 3. The molecule has 8 nitrogen and oxygen atoms in total. The van der Waals surface area contributed by atoms with Crippen LogP contribution in [0.5, 0.6) is 5.75 Å². The van der Waals surface area contributed by atoms with Crippen LogP contribution < -0.4 is 5.32 Å². The average molecular weight is 409 g/mol. The van der Waals surface area contributed by atoms with Gasteiger partial charge >= 0.3 is 0 Å². The molecule has 1 aliphatic heterocycles. The smallest absolute Gasteiger partial charge is 0.298 e. The summed E-state index contributed by atoms with van der Waals surface area (Å²) in [5.41, 5.74) is 5.41. The van der Waals surface area contributed by atoms with Gasteiger partial charge in [0.2, 0.25) is 5.65 Å². The van der Waals surface area contributed by atoms with Gasteiger partial charge < -0.3 is 19.9 Å². The third-order valence-corrected chi connectivity index (χ3v) is 6.20. The molecule has 3 aromatic rings. The summed E-state index contributed by atoms with van der Waals surface area (Å²) in [4.78, 5) is 15.8. The molecular weight excluding hydrogens is 382 g/mol. The van der Waals surface area contributed by atoms with Crippen molar-refractivity contribution in [2.45, 2.75) is 45.1 Å². The molecule has 0 bridgehead atoms. The first-order chi connectivity index (χ1) is 14.6. The number of anilines is 1. The first-order valence-electron chi connectivity index (χ1n) is 10.7. The van der Waals surface area contributed by atoms with Crippen LogP contribution in [0.1, 0.15) is 36.0 Å². The largest absolute Gasteiger partial charge is 0.507 e. The van der Waals surface area contributed by atoms with Gasteiger partial charge in [-0.15, -0.1) is 0 Å². The lowest BCUT2D eigenvalue weighted by atomic mass is 9.97. The normalized spacial score (nSPS) is 19.3. The SMILES string of the molecule is Cc1cc2c(c(O)c1-c1cnc3oc(NC4CCCN(CCO)C4)nc3n1)CCC2. The number of nitrogens with one attached hydrogen (secondary N) is 1. The molecule has 2 aliphatic rings. The van der Waals surface area contributed by atoms with Gasteiger partial charge in [0, 0.05) is 24.7 Å². The highest BCUT2D eigenvalue weighted by molar-refractivity contribution is 5.77. The van der Waals surface area contributed by atoms with Crippen LogP contribution in [0.2, 0.25) is 0 Å². The summed E-state index contributed by atoms with van der Waals surface area (Å²) in [6, 6.07) is 2.77. The number of benzene rings is 1. The Morgan fingerprint density at radius 2 is 2.17 bits per heavy atom. The Balaban J connectivity index is 1.41. The van der Waals surface area contributed by atoms with Crippen molar-refractivity contribution in [1.29, 1.82) is 0 Å². The number of aromatic hydroxyl groups is 1. The van der Waals surface area contributed by atoms with Crippen molar-refractivity contribution in [2.75, 3.05) is 31.6 Å². The Hall–Kier alpha value is -2.71. The molecule has 3 N–H and O–H groups in total. The number of aromatic nitrogens is 3. The highest BCUT2D eigenvalue weighted by atomic mass is 16.4. The molecule has 0 saturated carbocycles. The number of oxazole rings is 1. The van der Waals surface area contributed by atoms with Gasteiger partial charge in [-0.1, -0.05) is 6.07 Å². The predicted octanol–water partition coefficient (Wildman–Crippen LogP) is 2.66. The van der Waals surface area contributed by atoms with Gasteiger partial charge in [0.1, 0.15) is 5.75 Å². The van der Waals surface area contributed by atoms with Crippen LogP contribution in [0.15, 0.2) is 16.7 Å². The van der Waals surface area contributed by atoms with E-state index in [1.165, 1.54) is 5.56 Å². The molecule has 1 atom stereocenters. The number of β-amino-alcohol motifs (C(OH)–C–C–N with tert-alkyl or cyclic N) is 1. The minimum Gasteiger partial charge on any atom is -0.507 e. The summed E-state index contributed by atoms with van der Waals surface area (Å²) in [7, 11) is 0. The lowest BCUT2D eigenvalue weighted by Gasteiger charge is -2.32. The van der Waals surface area contributed by atoms with E-state index in [2.05, 4.69) is 31.2 Å². The second kappa shape index (κ2) is 7.85. The number of rotatable bonds is 5. The monoisotopic (exact) mass is 409 g/mol. The Morgan fingerprint density at radius 1 is 1.27 bits per heavy atom. The molecule has 1 unspecified atom stereocenters. The van der Waals surface area contributed by atoms with Gasteiger partial charge in [-0.05, 0) is 62.3 Å². The van der Waals surface area contributed by atoms with E-state index in [4.69, 9.17) is 4.42 Å². The van der Waals surface area contributed by atoms with Gasteiger partial charge in [0.15, 0.2) is 0 Å². The van der Waals surface area contributed by atoms with Gasteiger partial charge in [0.25, 0.3) is 11.7 Å². The molecule has 0 amide bonds. The first-order valence-corrected chi connectivity index (χ1v) is 10.7. The molecular formula is C22H27N5O3. The van der Waals surface area contributed by atoms with Crippen molar-refractivity contribution in [3.8, 4) is 17.0 Å². The lowest BCUT2D eigenvalue weighted by molar-refractivity contribution is 0.166. The first kappa shape index (κ1) is 19.3. The number of likely N-dealkylation sites (tertiary alicyclic amines) is 1. The summed E-state index contributed by atoms with van der Waals surface area (Å²) < 4.78 is 5.77. The molecule has 3 heterocycles. The van der Waals surface area contributed by atoms with E-state index < -0.39 is 0 Å². The van der Waals surface area contributed by atoms with E-state index in [0.717, 1.165) is 61.9 Å². The number of phenolic OH excluding ortho intramolecular Hbond substituents is 1. The van der Waals surface area contributed by atoms with Gasteiger partial charge in [0.05, 0.1) is 18.5 Å². The maximum absolute atomic E-state index is 10.9. The number of aryl methyl sites for hydroxylation is 2. The molecule has 8 heteroatoms. The van der Waals surface area contributed by atoms with Gasteiger partial charge in [-0.25, -0.2) is 9.97 Å². The number of fused-ring (bicyclic) bond motifs is 2. The second-order valence-electron chi connectivity index (χ2n) is 8.32. The van der Waals surface area contributed by atoms with Crippen molar-refractivity contribution in [3.05, 3.63) is 29.0 Å². The van der Waals surface area contributed by atoms with Gasteiger partial charge in [-0.3, -0.25) is 4.90 Å². The number of piperidine rings is 1. The second-order valence-corrected chi connectivity index (χ2v) is 8.32.